The second-order valence-corrected chi connectivity index (χ2v) is 7.28. The first-order valence-corrected chi connectivity index (χ1v) is 9.24. The van der Waals surface area contributed by atoms with Crippen LogP contribution in [0.25, 0.3) is 22.5 Å². The van der Waals surface area contributed by atoms with Gasteiger partial charge in [0.25, 0.3) is 0 Å². The summed E-state index contributed by atoms with van der Waals surface area (Å²) < 4.78 is 26.4. The van der Waals surface area contributed by atoms with Crippen molar-refractivity contribution < 1.29 is 29.8 Å². The van der Waals surface area contributed by atoms with Crippen molar-refractivity contribution in [3.05, 3.63) is 108 Å². The van der Waals surface area contributed by atoms with Gasteiger partial charge >= 0.3 is 21.1 Å². The molecule has 152 valence electrons. The molecule has 4 aromatic rings. The summed E-state index contributed by atoms with van der Waals surface area (Å²) in [6.07, 6.45) is 0. The molecule has 0 saturated heterocycles. The Morgan fingerprint density at radius 1 is 0.667 bits per heavy atom. The number of hydrogen-bond donors (Lipinski definition) is 0. The van der Waals surface area contributed by atoms with Crippen molar-refractivity contribution in [3.8, 4) is 22.5 Å². The predicted molar refractivity (Wildman–Crippen MR) is 109 cm³/mol. The first kappa shape index (κ1) is 22.0. The Labute approximate surface area is 189 Å². The number of pyridine rings is 2. The van der Waals surface area contributed by atoms with E-state index >= 15 is 0 Å². The summed E-state index contributed by atoms with van der Waals surface area (Å²) in [5, 5.41) is 0. The molecule has 0 atom stereocenters. The molecule has 5 heteroatoms. The van der Waals surface area contributed by atoms with E-state index in [0.29, 0.717) is 0 Å². The average molecular weight is 580 g/mol. The summed E-state index contributed by atoms with van der Waals surface area (Å²) in [4.78, 5) is 9.57. The van der Waals surface area contributed by atoms with Gasteiger partial charge in [0, 0.05) is 28.4 Å². The van der Waals surface area contributed by atoms with E-state index in [4.69, 9.17) is 9.97 Å². The number of aromatic nitrogens is 2. The molecule has 0 bridgehead atoms. The molecule has 2 aromatic carbocycles. The van der Waals surface area contributed by atoms with Gasteiger partial charge in [-0.05, 0) is 37.4 Å². The van der Waals surface area contributed by atoms with Crippen LogP contribution in [-0.2, 0) is 26.5 Å². The van der Waals surface area contributed by atoms with E-state index < -0.39 is 5.41 Å². The van der Waals surface area contributed by atoms with Crippen LogP contribution in [0.3, 0.4) is 0 Å². The zero-order valence-electron chi connectivity index (χ0n) is 16.4. The van der Waals surface area contributed by atoms with Crippen LogP contribution in [-0.4, -0.2) is 9.97 Å². The van der Waals surface area contributed by atoms with E-state index in [1.165, 1.54) is 24.3 Å². The third kappa shape index (κ3) is 4.55. The van der Waals surface area contributed by atoms with Gasteiger partial charge in [0.2, 0.25) is 0 Å². The molecule has 2 nitrogen and oxygen atoms in total. The molecule has 0 amide bonds. The van der Waals surface area contributed by atoms with Crippen molar-refractivity contribution in [3.63, 3.8) is 0 Å². The Balaban J connectivity index is 0.00000256. The third-order valence-electron chi connectivity index (χ3n) is 4.88. The number of rotatable bonds is 4. The molecule has 2 heterocycles. The molecule has 0 radical (unpaired) electrons. The van der Waals surface area contributed by atoms with Crippen LogP contribution in [0.15, 0.2) is 72.8 Å². The van der Waals surface area contributed by atoms with Crippen molar-refractivity contribution in [1.82, 2.24) is 9.97 Å². The van der Waals surface area contributed by atoms with Crippen molar-refractivity contribution >= 4 is 0 Å². The fourth-order valence-electron chi connectivity index (χ4n) is 3.13. The van der Waals surface area contributed by atoms with Crippen molar-refractivity contribution in [2.45, 2.75) is 19.3 Å². The van der Waals surface area contributed by atoms with Gasteiger partial charge in [-0.25, -0.2) is 0 Å². The molecule has 0 fully saturated rings. The van der Waals surface area contributed by atoms with Crippen molar-refractivity contribution in [2.24, 2.45) is 0 Å². The minimum Gasteiger partial charge on any atom is -0.300 e. The van der Waals surface area contributed by atoms with Gasteiger partial charge in [-0.1, -0.05) is 24.3 Å². The summed E-state index contributed by atoms with van der Waals surface area (Å²) in [7, 11) is 0. The summed E-state index contributed by atoms with van der Waals surface area (Å²) in [5.74, 6) is -0.660. The zero-order chi connectivity index (χ0) is 20.4. The Morgan fingerprint density at radius 3 is 1.47 bits per heavy atom. The second-order valence-electron chi connectivity index (χ2n) is 7.28. The maximum atomic E-state index is 13.2. The van der Waals surface area contributed by atoms with Crippen LogP contribution in [0.5, 0.6) is 0 Å². The first-order chi connectivity index (χ1) is 13.9. The van der Waals surface area contributed by atoms with Crippen LogP contribution in [0.1, 0.15) is 25.2 Å². The molecule has 2 aromatic heterocycles. The second kappa shape index (κ2) is 8.97. The fraction of sp³-hybridized carbons (Fsp3) is 0.120. The Kier molecular flexibility index (Phi) is 6.57. The molecule has 30 heavy (non-hydrogen) atoms. The summed E-state index contributed by atoms with van der Waals surface area (Å²) in [6.45, 7) is 4.10. The van der Waals surface area contributed by atoms with Crippen molar-refractivity contribution in [2.75, 3.05) is 0 Å². The van der Waals surface area contributed by atoms with Crippen LogP contribution >= 0.6 is 0 Å². The fourth-order valence-corrected chi connectivity index (χ4v) is 3.13. The molecule has 0 spiro atoms. The van der Waals surface area contributed by atoms with Gasteiger partial charge in [-0.3, -0.25) is 8.78 Å². The molecule has 4 rings (SSSR count). The van der Waals surface area contributed by atoms with Gasteiger partial charge in [0.15, 0.2) is 0 Å². The molecule has 0 aliphatic heterocycles. The molecule has 0 unspecified atom stereocenters. The quantitative estimate of drug-likeness (QED) is 0.277. The maximum Gasteiger partial charge on any atom is 2.00 e. The van der Waals surface area contributed by atoms with Crippen LogP contribution in [0.4, 0.5) is 8.78 Å². The van der Waals surface area contributed by atoms with Gasteiger partial charge in [-0.2, -0.15) is 0 Å². The van der Waals surface area contributed by atoms with E-state index in [1.807, 2.05) is 50.2 Å². The Morgan fingerprint density at radius 2 is 1.10 bits per heavy atom. The van der Waals surface area contributed by atoms with Crippen LogP contribution in [0.2, 0.25) is 0 Å². The summed E-state index contributed by atoms with van der Waals surface area (Å²) >= 11 is 0. The van der Waals surface area contributed by atoms with Gasteiger partial charge in [-0.15, -0.1) is 59.7 Å². The Hall–Kier alpha value is -2.71. The molecular formula is C25H18F2N2Pt. The van der Waals surface area contributed by atoms with Crippen LogP contribution < -0.4 is 0 Å². The monoisotopic (exact) mass is 579 g/mol. The molecule has 0 aliphatic rings. The molecule has 0 N–H and O–H groups in total. The van der Waals surface area contributed by atoms with Gasteiger partial charge in [0.05, 0.1) is 0 Å². The standard InChI is InChI=1S/C25H18F2N2.Pt/c1-25(2,23-7-3-5-21(28-23)17-9-13-19(26)14-10-17)24-8-4-6-22(29-24)18-11-15-20(27)16-12-18;/h3-9,11,13-16H,1-2H3;/q-2;+2. The number of nitrogens with zero attached hydrogens (tertiary/aromatic N) is 2. The first-order valence-electron chi connectivity index (χ1n) is 9.24. The predicted octanol–water partition coefficient (Wildman–Crippen LogP) is 6.01. The third-order valence-corrected chi connectivity index (χ3v) is 4.88. The van der Waals surface area contributed by atoms with Gasteiger partial charge in [0.1, 0.15) is 0 Å². The summed E-state index contributed by atoms with van der Waals surface area (Å²) in [5.41, 5.74) is 4.09. The van der Waals surface area contributed by atoms with Crippen molar-refractivity contribution in [1.29, 1.82) is 0 Å². The molecule has 0 saturated carbocycles. The van der Waals surface area contributed by atoms with Crippen LogP contribution in [0, 0.1) is 23.8 Å². The van der Waals surface area contributed by atoms with E-state index in [-0.39, 0.29) is 32.7 Å². The maximum absolute atomic E-state index is 13.2. The van der Waals surface area contributed by atoms with E-state index in [1.54, 1.807) is 12.1 Å². The Bertz CT molecular complexity index is 1050. The SMILES string of the molecule is CC(C)(c1cccc(-c2[c-]cc(F)cc2)n1)c1cccc(-c2[c-]cc(F)cc2)n1.[Pt+2]. The average Bonchev–Trinajstić information content (AvgIpc) is 2.75. The zero-order valence-corrected chi connectivity index (χ0v) is 18.7. The molecule has 0 aliphatic carbocycles. The topological polar surface area (TPSA) is 25.8 Å². The smallest absolute Gasteiger partial charge is 0.300 e. The molecular weight excluding hydrogens is 561 g/mol. The minimum absolute atomic E-state index is 0. The number of hydrogen-bond acceptors (Lipinski definition) is 2. The van der Waals surface area contributed by atoms with E-state index in [2.05, 4.69) is 12.1 Å². The van der Waals surface area contributed by atoms with E-state index in [0.717, 1.165) is 33.9 Å². The largest absolute Gasteiger partial charge is 2.00 e. The minimum atomic E-state index is -0.480. The summed E-state index contributed by atoms with van der Waals surface area (Å²) in [6, 6.07) is 26.1. The number of benzene rings is 2. The normalized spacial score (nSPS) is 11.1. The number of halogens is 2. The van der Waals surface area contributed by atoms with E-state index in [9.17, 15) is 8.78 Å². The van der Waals surface area contributed by atoms with Gasteiger partial charge < -0.3 is 9.97 Å².